The van der Waals surface area contributed by atoms with Crippen LogP contribution in [0.4, 0.5) is 14.5 Å². The van der Waals surface area contributed by atoms with Crippen molar-refractivity contribution in [1.29, 1.82) is 0 Å². The second-order valence-electron chi connectivity index (χ2n) is 5.52. The molecule has 29 heavy (non-hydrogen) atoms. The van der Waals surface area contributed by atoms with Crippen LogP contribution in [0.5, 0.6) is 0 Å². The van der Waals surface area contributed by atoms with Crippen LogP contribution >= 0.6 is 23.1 Å². The summed E-state index contributed by atoms with van der Waals surface area (Å²) in [7, 11) is -4.66. The van der Waals surface area contributed by atoms with E-state index in [2.05, 4.69) is 20.5 Å². The molecule has 1 aromatic carbocycles. The molecule has 2 aromatic heterocycles. The molecule has 0 spiro atoms. The normalized spacial score (nSPS) is 12.0. The van der Waals surface area contributed by atoms with Gasteiger partial charge in [0.15, 0.2) is 0 Å². The zero-order valence-electron chi connectivity index (χ0n) is 14.6. The fraction of sp³-hybridized carbons (Fsp3) is 0.118. The summed E-state index contributed by atoms with van der Waals surface area (Å²) in [5.74, 6) is -3.30. The number of anilines is 1. The van der Waals surface area contributed by atoms with E-state index >= 15 is 0 Å². The number of alkyl halides is 2. The van der Waals surface area contributed by atoms with Crippen molar-refractivity contribution in [2.75, 3.05) is 11.1 Å². The van der Waals surface area contributed by atoms with Crippen LogP contribution in [0.1, 0.15) is 10.7 Å². The van der Waals surface area contributed by atoms with Crippen LogP contribution in [-0.2, 0) is 14.6 Å². The molecule has 0 aliphatic heterocycles. The van der Waals surface area contributed by atoms with Crippen molar-refractivity contribution in [3.8, 4) is 0 Å². The highest BCUT2D eigenvalue weighted by Gasteiger charge is 2.26. The van der Waals surface area contributed by atoms with Gasteiger partial charge in [-0.25, -0.2) is 13.4 Å². The predicted molar refractivity (Wildman–Crippen MR) is 109 cm³/mol. The Hall–Kier alpha value is -2.57. The SMILES string of the molecule is O=C(CSc1n[nH]c(/C=C/c2cccs2)n1)Nc1ccc(S(=O)(=O)C(F)F)cc1. The number of sulfone groups is 1. The fourth-order valence-electron chi connectivity index (χ4n) is 2.10. The number of carbonyl (C=O) groups is 1. The van der Waals surface area contributed by atoms with Gasteiger partial charge in [-0.3, -0.25) is 9.89 Å². The summed E-state index contributed by atoms with van der Waals surface area (Å²) in [5, 5.41) is 11.7. The topological polar surface area (TPSA) is 105 Å². The van der Waals surface area contributed by atoms with Gasteiger partial charge >= 0.3 is 5.76 Å². The summed E-state index contributed by atoms with van der Waals surface area (Å²) in [6.45, 7) is 0. The molecule has 3 aromatic rings. The Morgan fingerprint density at radius 3 is 2.66 bits per heavy atom. The standard InChI is InChI=1S/C17H14F2N4O3S3/c18-16(19)29(25,26)13-6-3-11(4-7-13)20-15(24)10-28-17-21-14(22-23-17)8-5-12-2-1-9-27-12/h1-9,16H,10H2,(H,20,24)(H,21,22,23)/b8-5+. The number of benzene rings is 1. The van der Waals surface area contributed by atoms with E-state index in [-0.39, 0.29) is 11.7 Å². The summed E-state index contributed by atoms with van der Waals surface area (Å²) in [6.07, 6.45) is 3.67. The molecule has 0 bridgehead atoms. The second kappa shape index (κ2) is 9.29. The lowest BCUT2D eigenvalue weighted by atomic mass is 10.3. The van der Waals surface area contributed by atoms with E-state index < -0.39 is 20.5 Å². The maximum atomic E-state index is 12.5. The maximum absolute atomic E-state index is 12.5. The first-order valence-electron chi connectivity index (χ1n) is 8.03. The van der Waals surface area contributed by atoms with Gasteiger partial charge in [-0.2, -0.15) is 8.78 Å². The summed E-state index contributed by atoms with van der Waals surface area (Å²) < 4.78 is 47.8. The average molecular weight is 457 g/mol. The number of hydrogen-bond donors (Lipinski definition) is 2. The first kappa shape index (κ1) is 21.1. The highest BCUT2D eigenvalue weighted by Crippen LogP contribution is 2.21. The molecule has 0 radical (unpaired) electrons. The lowest BCUT2D eigenvalue weighted by Crippen LogP contribution is -2.15. The smallest absolute Gasteiger partial charge is 0.325 e. The molecule has 0 unspecified atom stereocenters. The zero-order chi connectivity index (χ0) is 20.9. The second-order valence-corrected chi connectivity index (χ2v) is 9.36. The monoisotopic (exact) mass is 456 g/mol. The predicted octanol–water partition coefficient (Wildman–Crippen LogP) is 3.76. The largest absolute Gasteiger partial charge is 0.341 e. The number of thiophene rings is 1. The molecule has 2 N–H and O–H groups in total. The van der Waals surface area contributed by atoms with Gasteiger partial charge in [-0.1, -0.05) is 17.8 Å². The molecule has 0 saturated heterocycles. The summed E-state index contributed by atoms with van der Waals surface area (Å²) in [5.41, 5.74) is 0.290. The number of amides is 1. The number of carbonyl (C=O) groups excluding carboxylic acids is 1. The van der Waals surface area contributed by atoms with Crippen LogP contribution in [0.2, 0.25) is 0 Å². The average Bonchev–Trinajstić information content (AvgIpc) is 3.37. The number of aromatic amines is 1. The van der Waals surface area contributed by atoms with E-state index in [1.165, 1.54) is 12.1 Å². The number of thioether (sulfide) groups is 1. The number of aromatic nitrogens is 3. The summed E-state index contributed by atoms with van der Waals surface area (Å²) in [6, 6.07) is 8.44. The maximum Gasteiger partial charge on any atom is 0.341 e. The third kappa shape index (κ3) is 5.71. The Balaban J connectivity index is 1.51. The van der Waals surface area contributed by atoms with E-state index in [4.69, 9.17) is 0 Å². The third-order valence-electron chi connectivity index (χ3n) is 3.46. The zero-order valence-corrected chi connectivity index (χ0v) is 17.0. The fourth-order valence-corrected chi connectivity index (χ4v) is 4.05. The van der Waals surface area contributed by atoms with Crippen molar-refractivity contribution in [1.82, 2.24) is 15.2 Å². The Morgan fingerprint density at radius 1 is 1.24 bits per heavy atom. The lowest BCUT2D eigenvalue weighted by Gasteiger charge is -2.06. The molecule has 3 rings (SSSR count). The van der Waals surface area contributed by atoms with Crippen molar-refractivity contribution in [2.45, 2.75) is 15.8 Å². The Labute approximate surface area is 173 Å². The van der Waals surface area contributed by atoms with E-state index in [0.717, 1.165) is 28.8 Å². The van der Waals surface area contributed by atoms with Crippen LogP contribution in [0.15, 0.2) is 51.8 Å². The van der Waals surface area contributed by atoms with Crippen LogP contribution < -0.4 is 5.32 Å². The van der Waals surface area contributed by atoms with Gasteiger partial charge < -0.3 is 5.32 Å². The molecule has 0 aliphatic carbocycles. The quantitative estimate of drug-likeness (QED) is 0.500. The van der Waals surface area contributed by atoms with Gasteiger partial charge in [0, 0.05) is 10.6 Å². The van der Waals surface area contributed by atoms with Crippen molar-refractivity contribution < 1.29 is 22.0 Å². The number of halogens is 2. The molecular weight excluding hydrogens is 442 g/mol. The van der Waals surface area contributed by atoms with Crippen LogP contribution in [0, 0.1) is 0 Å². The van der Waals surface area contributed by atoms with Gasteiger partial charge in [0.05, 0.1) is 10.6 Å². The molecule has 12 heteroatoms. The van der Waals surface area contributed by atoms with Crippen molar-refractivity contribution in [2.24, 2.45) is 0 Å². The highest BCUT2D eigenvalue weighted by atomic mass is 32.2. The van der Waals surface area contributed by atoms with Gasteiger partial charge in [0.1, 0.15) is 5.82 Å². The molecule has 0 atom stereocenters. The molecule has 0 aliphatic rings. The molecule has 2 heterocycles. The highest BCUT2D eigenvalue weighted by molar-refractivity contribution is 7.99. The van der Waals surface area contributed by atoms with Gasteiger partial charge in [0.25, 0.3) is 0 Å². The Kier molecular flexibility index (Phi) is 6.77. The molecule has 0 fully saturated rings. The van der Waals surface area contributed by atoms with Gasteiger partial charge in [0.2, 0.25) is 20.9 Å². The number of nitrogens with zero attached hydrogens (tertiary/aromatic N) is 2. The minimum absolute atomic E-state index is 0.0169. The van der Waals surface area contributed by atoms with E-state index in [1.54, 1.807) is 17.4 Å². The molecular formula is C17H14F2N4O3S3. The minimum Gasteiger partial charge on any atom is -0.325 e. The van der Waals surface area contributed by atoms with E-state index in [0.29, 0.717) is 16.7 Å². The van der Waals surface area contributed by atoms with Crippen molar-refractivity contribution in [3.05, 3.63) is 52.5 Å². The van der Waals surface area contributed by atoms with Crippen LogP contribution in [0.25, 0.3) is 12.2 Å². The summed E-state index contributed by atoms with van der Waals surface area (Å²) >= 11 is 2.70. The number of nitrogens with one attached hydrogen (secondary N) is 2. The lowest BCUT2D eigenvalue weighted by molar-refractivity contribution is -0.113. The number of hydrogen-bond acceptors (Lipinski definition) is 7. The Morgan fingerprint density at radius 2 is 2.00 bits per heavy atom. The van der Waals surface area contributed by atoms with E-state index in [9.17, 15) is 22.0 Å². The molecule has 0 saturated carbocycles. The van der Waals surface area contributed by atoms with Crippen LogP contribution in [-0.4, -0.2) is 41.0 Å². The van der Waals surface area contributed by atoms with Crippen molar-refractivity contribution in [3.63, 3.8) is 0 Å². The molecule has 1 amide bonds. The first-order valence-corrected chi connectivity index (χ1v) is 11.4. The number of H-pyrrole nitrogens is 1. The third-order valence-corrected chi connectivity index (χ3v) is 6.55. The first-order chi connectivity index (χ1) is 13.8. The van der Waals surface area contributed by atoms with Crippen LogP contribution in [0.3, 0.4) is 0 Å². The molecule has 152 valence electrons. The van der Waals surface area contributed by atoms with Gasteiger partial charge in [-0.15, -0.1) is 16.4 Å². The molecule has 7 nitrogen and oxygen atoms in total. The van der Waals surface area contributed by atoms with Gasteiger partial charge in [-0.05, 0) is 47.9 Å². The van der Waals surface area contributed by atoms with Crippen molar-refractivity contribution >= 4 is 56.7 Å². The Bertz CT molecular complexity index is 1100. The summed E-state index contributed by atoms with van der Waals surface area (Å²) in [4.78, 5) is 16.8. The van der Waals surface area contributed by atoms with E-state index in [1.807, 2.05) is 23.6 Å². The minimum atomic E-state index is -4.66. The number of rotatable bonds is 8.